The summed E-state index contributed by atoms with van der Waals surface area (Å²) >= 11 is 0. The Hall–Kier alpha value is -2.73. The number of hydrogen-bond acceptors (Lipinski definition) is 5. The van der Waals surface area contributed by atoms with Gasteiger partial charge in [-0.15, -0.1) is 0 Å². The van der Waals surface area contributed by atoms with Crippen molar-refractivity contribution < 1.29 is 24.2 Å². The quantitative estimate of drug-likeness (QED) is 0.621. The summed E-state index contributed by atoms with van der Waals surface area (Å²) in [5.41, 5.74) is 2.21. The molecule has 0 amide bonds. The van der Waals surface area contributed by atoms with Crippen LogP contribution in [0.1, 0.15) is 57.6 Å². The number of esters is 1. The minimum Gasteiger partial charge on any atom is -0.452 e. The molecule has 1 heterocycles. The van der Waals surface area contributed by atoms with Gasteiger partial charge in [0, 0.05) is 11.3 Å². The molecule has 2 aromatic rings. The van der Waals surface area contributed by atoms with E-state index in [0.717, 1.165) is 0 Å². The molecule has 0 fully saturated rings. The highest BCUT2D eigenvalue weighted by Gasteiger charge is 2.28. The Labute approximate surface area is 145 Å². The molecule has 1 aromatic carbocycles. The number of ketones is 2. The number of rotatable bonds is 6. The number of aromatic amines is 1. The topological polar surface area (TPSA) is 96.5 Å². The number of Topliss-reactive ketones (excluding diaryl/α,β-unsaturated/α-hetero) is 2. The molecule has 0 unspecified atom stereocenters. The highest BCUT2D eigenvalue weighted by atomic mass is 16.6. The normalized spacial score (nSPS) is 13.2. The lowest BCUT2D eigenvalue weighted by atomic mass is 10.0. The van der Waals surface area contributed by atoms with Gasteiger partial charge in [-0.3, -0.25) is 9.59 Å². The minimum absolute atomic E-state index is 0.144. The van der Waals surface area contributed by atoms with Crippen LogP contribution in [0.15, 0.2) is 30.3 Å². The van der Waals surface area contributed by atoms with E-state index in [2.05, 4.69) is 4.98 Å². The van der Waals surface area contributed by atoms with Gasteiger partial charge < -0.3 is 14.8 Å². The highest BCUT2D eigenvalue weighted by Crippen LogP contribution is 2.21. The molecular formula is C19H21NO5. The zero-order valence-electron chi connectivity index (χ0n) is 14.6. The van der Waals surface area contributed by atoms with Gasteiger partial charge in [-0.2, -0.15) is 0 Å². The molecule has 0 saturated heterocycles. The number of carbonyl (C=O) groups is 3. The Morgan fingerprint density at radius 2 is 1.72 bits per heavy atom. The van der Waals surface area contributed by atoms with Gasteiger partial charge in [0.15, 0.2) is 18.0 Å². The average molecular weight is 343 g/mol. The SMILES string of the molecule is CC(=O)c1c(C)[nH]c(C(=O)[C@H](C)OC(=O)[C@@H](O)c2ccccc2)c1C. The Morgan fingerprint density at radius 1 is 1.12 bits per heavy atom. The molecule has 1 aromatic heterocycles. The molecule has 0 radical (unpaired) electrons. The van der Waals surface area contributed by atoms with Crippen LogP contribution in [0.2, 0.25) is 0 Å². The number of ether oxygens (including phenoxy) is 1. The predicted octanol–water partition coefficient (Wildman–Crippen LogP) is 2.68. The summed E-state index contributed by atoms with van der Waals surface area (Å²) in [6.07, 6.45) is -2.56. The van der Waals surface area contributed by atoms with Crippen LogP contribution < -0.4 is 0 Å². The molecule has 0 aliphatic carbocycles. The first-order valence-electron chi connectivity index (χ1n) is 7.91. The molecule has 2 atom stereocenters. The van der Waals surface area contributed by atoms with Gasteiger partial charge in [0.25, 0.3) is 0 Å². The van der Waals surface area contributed by atoms with E-state index in [0.29, 0.717) is 22.4 Å². The van der Waals surface area contributed by atoms with Crippen molar-refractivity contribution in [1.29, 1.82) is 0 Å². The van der Waals surface area contributed by atoms with E-state index in [1.165, 1.54) is 13.8 Å². The standard InChI is InChI=1S/C19H21NO5/c1-10-15(12(3)21)11(2)20-16(10)17(22)13(4)25-19(24)18(23)14-8-6-5-7-9-14/h5-9,13,18,20,23H,1-4H3/t13-,18-/m0/s1. The first kappa shape index (κ1) is 18.6. The lowest BCUT2D eigenvalue weighted by Crippen LogP contribution is -2.28. The molecule has 6 nitrogen and oxygen atoms in total. The lowest BCUT2D eigenvalue weighted by Gasteiger charge is -2.15. The number of nitrogens with one attached hydrogen (secondary N) is 1. The third kappa shape index (κ3) is 3.85. The second kappa shape index (κ2) is 7.44. The molecule has 0 saturated carbocycles. The van der Waals surface area contributed by atoms with E-state index in [9.17, 15) is 19.5 Å². The van der Waals surface area contributed by atoms with E-state index in [1.54, 1.807) is 44.2 Å². The Balaban J connectivity index is 2.14. The maximum absolute atomic E-state index is 12.5. The fraction of sp³-hybridized carbons (Fsp3) is 0.316. The lowest BCUT2D eigenvalue weighted by molar-refractivity contribution is -0.156. The largest absolute Gasteiger partial charge is 0.452 e. The van der Waals surface area contributed by atoms with Crippen molar-refractivity contribution in [2.75, 3.05) is 0 Å². The monoisotopic (exact) mass is 343 g/mol. The van der Waals surface area contributed by atoms with Gasteiger partial charge in [-0.05, 0) is 38.8 Å². The molecular weight excluding hydrogens is 322 g/mol. The molecule has 2 rings (SSSR count). The Bertz CT molecular complexity index is 807. The van der Waals surface area contributed by atoms with E-state index in [4.69, 9.17) is 4.74 Å². The molecule has 0 aliphatic heterocycles. The maximum atomic E-state index is 12.5. The summed E-state index contributed by atoms with van der Waals surface area (Å²) < 4.78 is 5.10. The van der Waals surface area contributed by atoms with Crippen LogP contribution in [0.3, 0.4) is 0 Å². The van der Waals surface area contributed by atoms with Crippen LogP contribution in [0.5, 0.6) is 0 Å². The fourth-order valence-corrected chi connectivity index (χ4v) is 2.79. The van der Waals surface area contributed by atoms with Gasteiger partial charge in [-0.25, -0.2) is 4.79 Å². The van der Waals surface area contributed by atoms with Crippen molar-refractivity contribution in [3.05, 3.63) is 58.4 Å². The second-order valence-electron chi connectivity index (χ2n) is 5.94. The second-order valence-corrected chi connectivity index (χ2v) is 5.94. The molecule has 0 spiro atoms. The average Bonchev–Trinajstić information content (AvgIpc) is 2.88. The summed E-state index contributed by atoms with van der Waals surface area (Å²) in [6, 6.07) is 8.33. The minimum atomic E-state index is -1.46. The number of H-pyrrole nitrogens is 1. The Morgan fingerprint density at radius 3 is 2.24 bits per heavy atom. The van der Waals surface area contributed by atoms with Gasteiger partial charge in [-0.1, -0.05) is 30.3 Å². The van der Waals surface area contributed by atoms with Crippen LogP contribution in [0.25, 0.3) is 0 Å². The van der Waals surface area contributed by atoms with Crippen LogP contribution in [-0.4, -0.2) is 33.7 Å². The van der Waals surface area contributed by atoms with Crippen molar-refractivity contribution >= 4 is 17.5 Å². The zero-order valence-corrected chi connectivity index (χ0v) is 14.6. The van der Waals surface area contributed by atoms with E-state index in [1.807, 2.05) is 0 Å². The fourth-order valence-electron chi connectivity index (χ4n) is 2.79. The zero-order chi connectivity index (χ0) is 18.7. The number of aryl methyl sites for hydroxylation is 1. The van der Waals surface area contributed by atoms with Crippen LogP contribution in [0.4, 0.5) is 0 Å². The third-order valence-electron chi connectivity index (χ3n) is 4.04. The number of carbonyl (C=O) groups excluding carboxylic acids is 3. The first-order valence-corrected chi connectivity index (χ1v) is 7.91. The summed E-state index contributed by atoms with van der Waals surface area (Å²) in [5.74, 6) is -1.50. The van der Waals surface area contributed by atoms with E-state index >= 15 is 0 Å². The van der Waals surface area contributed by atoms with E-state index < -0.39 is 24.0 Å². The summed E-state index contributed by atoms with van der Waals surface area (Å²) in [6.45, 7) is 6.23. The van der Waals surface area contributed by atoms with Gasteiger partial charge in [0.2, 0.25) is 5.78 Å². The Kier molecular flexibility index (Phi) is 5.54. The molecule has 0 aliphatic rings. The first-order chi connectivity index (χ1) is 11.7. The van der Waals surface area contributed by atoms with Gasteiger partial charge >= 0.3 is 5.97 Å². The number of aromatic nitrogens is 1. The summed E-state index contributed by atoms with van der Waals surface area (Å²) in [5, 5.41) is 10.0. The maximum Gasteiger partial charge on any atom is 0.340 e. The highest BCUT2D eigenvalue weighted by molar-refractivity contribution is 6.05. The molecule has 132 valence electrons. The van der Waals surface area contributed by atoms with Crippen LogP contribution >= 0.6 is 0 Å². The molecule has 2 N–H and O–H groups in total. The third-order valence-corrected chi connectivity index (χ3v) is 4.04. The predicted molar refractivity (Wildman–Crippen MR) is 91.6 cm³/mol. The molecule has 6 heteroatoms. The van der Waals surface area contributed by atoms with Gasteiger partial charge in [0.1, 0.15) is 0 Å². The van der Waals surface area contributed by atoms with Crippen LogP contribution in [-0.2, 0) is 9.53 Å². The van der Waals surface area contributed by atoms with Crippen LogP contribution in [0, 0.1) is 13.8 Å². The number of hydrogen-bond donors (Lipinski definition) is 2. The van der Waals surface area contributed by atoms with Crippen molar-refractivity contribution in [2.24, 2.45) is 0 Å². The summed E-state index contributed by atoms with van der Waals surface area (Å²) in [7, 11) is 0. The molecule has 25 heavy (non-hydrogen) atoms. The van der Waals surface area contributed by atoms with Gasteiger partial charge in [0.05, 0.1) is 5.69 Å². The number of aliphatic hydroxyl groups is 1. The van der Waals surface area contributed by atoms with Crippen molar-refractivity contribution in [3.8, 4) is 0 Å². The summed E-state index contributed by atoms with van der Waals surface area (Å²) in [4.78, 5) is 39.2. The van der Waals surface area contributed by atoms with Crippen molar-refractivity contribution in [3.63, 3.8) is 0 Å². The molecule has 0 bridgehead atoms. The van der Waals surface area contributed by atoms with E-state index in [-0.39, 0.29) is 11.5 Å². The van der Waals surface area contributed by atoms with Crippen molar-refractivity contribution in [1.82, 2.24) is 4.98 Å². The smallest absolute Gasteiger partial charge is 0.340 e. The number of aliphatic hydroxyl groups excluding tert-OH is 1. The number of benzene rings is 1. The van der Waals surface area contributed by atoms with Crippen molar-refractivity contribution in [2.45, 2.75) is 39.9 Å².